The van der Waals surface area contributed by atoms with Gasteiger partial charge in [-0.25, -0.2) is 8.78 Å². The van der Waals surface area contributed by atoms with Crippen LogP contribution in [0.2, 0.25) is 0 Å². The van der Waals surface area contributed by atoms with Gasteiger partial charge in [0.1, 0.15) is 11.6 Å². The molecule has 0 unspecified atom stereocenters. The maximum absolute atomic E-state index is 12.8. The molecule has 0 saturated heterocycles. The molecule has 0 saturated carbocycles. The highest BCUT2D eigenvalue weighted by Crippen LogP contribution is 2.11. The van der Waals surface area contributed by atoms with Crippen LogP contribution in [0, 0.1) is 23.0 Å². The Bertz CT molecular complexity index is 297. The van der Waals surface area contributed by atoms with Crippen molar-refractivity contribution < 1.29 is 8.78 Å². The lowest BCUT2D eigenvalue weighted by atomic mass is 10.1. The van der Waals surface area contributed by atoms with Crippen molar-refractivity contribution in [3.05, 3.63) is 29.6 Å². The van der Waals surface area contributed by atoms with Gasteiger partial charge in [0.15, 0.2) is 0 Å². The van der Waals surface area contributed by atoms with Gasteiger partial charge >= 0.3 is 0 Å². The normalized spacial score (nSPS) is 9.42. The van der Waals surface area contributed by atoms with Crippen LogP contribution in [0.5, 0.6) is 0 Å². The number of pyridine rings is 1. The van der Waals surface area contributed by atoms with E-state index in [9.17, 15) is 8.78 Å². The molecule has 0 fully saturated rings. The number of nitriles is 1. The van der Waals surface area contributed by atoms with E-state index in [1.165, 1.54) is 0 Å². The molecule has 0 atom stereocenters. The summed E-state index contributed by atoms with van der Waals surface area (Å²) in [5.74, 6) is -1.38. The Kier molecular flexibility index (Phi) is 2.70. The minimum Gasteiger partial charge on any atom is -0.259 e. The lowest BCUT2D eigenvalue weighted by molar-refractivity contribution is 0.546. The van der Waals surface area contributed by atoms with Crippen molar-refractivity contribution in [1.29, 1.82) is 5.26 Å². The van der Waals surface area contributed by atoms with Gasteiger partial charge in [0.2, 0.25) is 0 Å². The van der Waals surface area contributed by atoms with E-state index in [2.05, 4.69) is 4.98 Å². The third-order valence-corrected chi connectivity index (χ3v) is 1.44. The summed E-state index contributed by atoms with van der Waals surface area (Å²) < 4.78 is 25.5. The third-order valence-electron chi connectivity index (χ3n) is 1.44. The third kappa shape index (κ3) is 1.76. The van der Waals surface area contributed by atoms with Gasteiger partial charge < -0.3 is 0 Å². The fourth-order valence-electron chi connectivity index (χ4n) is 0.858. The molecular weight excluding hydrogens is 162 g/mol. The van der Waals surface area contributed by atoms with Gasteiger partial charge in [0.05, 0.1) is 18.5 Å². The molecule has 0 amide bonds. The Morgan fingerprint density at radius 2 is 1.92 bits per heavy atom. The zero-order chi connectivity index (χ0) is 8.97. The van der Waals surface area contributed by atoms with Crippen LogP contribution >= 0.6 is 0 Å². The molecule has 1 aromatic rings. The SMILES string of the molecule is N#CCCc1c(F)cncc1F. The number of nitrogens with zero attached hydrogens (tertiary/aromatic N) is 2. The molecule has 0 bridgehead atoms. The van der Waals surface area contributed by atoms with Gasteiger partial charge in [-0.1, -0.05) is 0 Å². The Labute approximate surface area is 68.5 Å². The number of aromatic nitrogens is 1. The van der Waals surface area contributed by atoms with Crippen molar-refractivity contribution in [1.82, 2.24) is 4.98 Å². The predicted molar refractivity (Wildman–Crippen MR) is 38.1 cm³/mol. The van der Waals surface area contributed by atoms with Crippen LogP contribution in [0.1, 0.15) is 12.0 Å². The van der Waals surface area contributed by atoms with E-state index < -0.39 is 11.6 Å². The maximum Gasteiger partial charge on any atom is 0.147 e. The molecule has 12 heavy (non-hydrogen) atoms. The first kappa shape index (κ1) is 8.60. The van der Waals surface area contributed by atoms with E-state index in [-0.39, 0.29) is 18.4 Å². The van der Waals surface area contributed by atoms with Gasteiger partial charge in [-0.3, -0.25) is 4.98 Å². The number of hydrogen-bond donors (Lipinski definition) is 0. The van der Waals surface area contributed by atoms with Crippen molar-refractivity contribution in [3.8, 4) is 6.07 Å². The molecule has 1 rings (SSSR count). The summed E-state index contributed by atoms with van der Waals surface area (Å²) in [5, 5.41) is 8.20. The lowest BCUT2D eigenvalue weighted by Crippen LogP contribution is -1.96. The second-order valence-corrected chi connectivity index (χ2v) is 2.24. The fourth-order valence-corrected chi connectivity index (χ4v) is 0.858. The number of rotatable bonds is 2. The summed E-state index contributed by atoms with van der Waals surface area (Å²) in [6, 6.07) is 1.82. The Hall–Kier alpha value is -1.50. The first-order valence-corrected chi connectivity index (χ1v) is 3.40. The molecule has 0 radical (unpaired) electrons. The van der Waals surface area contributed by atoms with Crippen molar-refractivity contribution >= 4 is 0 Å². The summed E-state index contributed by atoms with van der Waals surface area (Å²) in [7, 11) is 0. The number of halogens is 2. The molecular formula is C8H6F2N2. The van der Waals surface area contributed by atoms with E-state index in [0.717, 1.165) is 12.4 Å². The Morgan fingerprint density at radius 3 is 2.42 bits per heavy atom. The standard InChI is InChI=1S/C8H6F2N2/c9-7-4-12-5-8(10)6(7)2-1-3-11/h4-5H,1-2H2. The molecule has 0 spiro atoms. The lowest BCUT2D eigenvalue weighted by Gasteiger charge is -1.99. The molecule has 0 N–H and O–H groups in total. The summed E-state index contributed by atoms with van der Waals surface area (Å²) >= 11 is 0. The minimum absolute atomic E-state index is 0.0634. The zero-order valence-electron chi connectivity index (χ0n) is 6.22. The molecule has 2 nitrogen and oxygen atoms in total. The smallest absolute Gasteiger partial charge is 0.147 e. The predicted octanol–water partition coefficient (Wildman–Crippen LogP) is 1.82. The van der Waals surface area contributed by atoms with Crippen molar-refractivity contribution in [3.63, 3.8) is 0 Å². The molecule has 1 aromatic heterocycles. The Morgan fingerprint density at radius 1 is 1.33 bits per heavy atom. The van der Waals surface area contributed by atoms with E-state index in [1.807, 2.05) is 6.07 Å². The van der Waals surface area contributed by atoms with Crippen LogP contribution in [0.15, 0.2) is 12.4 Å². The highest BCUT2D eigenvalue weighted by Gasteiger charge is 2.07. The molecule has 0 aromatic carbocycles. The monoisotopic (exact) mass is 168 g/mol. The summed E-state index contributed by atoms with van der Waals surface area (Å²) in [6.45, 7) is 0. The zero-order valence-corrected chi connectivity index (χ0v) is 6.22. The van der Waals surface area contributed by atoms with Crippen molar-refractivity contribution in [2.45, 2.75) is 12.8 Å². The van der Waals surface area contributed by atoms with E-state index >= 15 is 0 Å². The first-order valence-electron chi connectivity index (χ1n) is 3.40. The summed E-state index contributed by atoms with van der Waals surface area (Å²) in [6.07, 6.45) is 2.08. The van der Waals surface area contributed by atoms with Gasteiger partial charge in [-0.2, -0.15) is 5.26 Å². The van der Waals surface area contributed by atoms with Crippen LogP contribution in [0.25, 0.3) is 0 Å². The van der Waals surface area contributed by atoms with Crippen molar-refractivity contribution in [2.75, 3.05) is 0 Å². The quantitative estimate of drug-likeness (QED) is 0.675. The van der Waals surface area contributed by atoms with Gasteiger partial charge in [0, 0.05) is 12.0 Å². The van der Waals surface area contributed by atoms with Gasteiger partial charge in [-0.15, -0.1) is 0 Å². The molecule has 0 aliphatic carbocycles. The molecule has 1 heterocycles. The van der Waals surface area contributed by atoms with Gasteiger partial charge in [-0.05, 0) is 6.42 Å². The largest absolute Gasteiger partial charge is 0.259 e. The van der Waals surface area contributed by atoms with Crippen LogP contribution in [0.3, 0.4) is 0 Å². The highest BCUT2D eigenvalue weighted by atomic mass is 19.1. The second kappa shape index (κ2) is 3.77. The second-order valence-electron chi connectivity index (χ2n) is 2.24. The number of hydrogen-bond acceptors (Lipinski definition) is 2. The highest BCUT2D eigenvalue weighted by molar-refractivity contribution is 5.15. The topological polar surface area (TPSA) is 36.7 Å². The minimum atomic E-state index is -0.690. The first-order chi connectivity index (χ1) is 5.75. The van der Waals surface area contributed by atoms with E-state index in [4.69, 9.17) is 5.26 Å². The summed E-state index contributed by atoms with van der Waals surface area (Å²) in [4.78, 5) is 3.32. The molecule has 62 valence electrons. The summed E-state index contributed by atoms with van der Waals surface area (Å²) in [5.41, 5.74) is -0.0634. The fraction of sp³-hybridized carbons (Fsp3) is 0.250. The maximum atomic E-state index is 12.8. The molecule has 0 aliphatic heterocycles. The van der Waals surface area contributed by atoms with Crippen LogP contribution < -0.4 is 0 Å². The molecule has 4 heteroatoms. The molecule has 0 aliphatic rings. The average molecular weight is 168 g/mol. The van der Waals surface area contributed by atoms with Crippen LogP contribution in [0.4, 0.5) is 8.78 Å². The van der Waals surface area contributed by atoms with Crippen LogP contribution in [-0.4, -0.2) is 4.98 Å². The Balaban J connectivity index is 2.90. The average Bonchev–Trinajstić information content (AvgIpc) is 2.04. The van der Waals surface area contributed by atoms with E-state index in [0.29, 0.717) is 0 Å². The van der Waals surface area contributed by atoms with E-state index in [1.54, 1.807) is 0 Å². The van der Waals surface area contributed by atoms with Gasteiger partial charge in [0.25, 0.3) is 0 Å². The van der Waals surface area contributed by atoms with Crippen LogP contribution in [-0.2, 0) is 6.42 Å². The van der Waals surface area contributed by atoms with Crippen molar-refractivity contribution in [2.24, 2.45) is 0 Å².